The number of fused-ring (bicyclic) bond motifs is 1. The number of aryl methyl sites for hydroxylation is 1. The van der Waals surface area contributed by atoms with E-state index in [4.69, 9.17) is 0 Å². The Morgan fingerprint density at radius 2 is 1.92 bits per heavy atom. The van der Waals surface area contributed by atoms with Crippen molar-refractivity contribution in [1.29, 1.82) is 0 Å². The van der Waals surface area contributed by atoms with Crippen molar-refractivity contribution in [2.45, 2.75) is 51.6 Å². The number of hydrogen-bond donors (Lipinski definition) is 0. The molecule has 1 fully saturated rings. The summed E-state index contributed by atoms with van der Waals surface area (Å²) < 4.78 is 25.4. The van der Waals surface area contributed by atoms with Crippen LogP contribution in [0, 0.1) is 0 Å². The fourth-order valence-electron chi connectivity index (χ4n) is 3.84. The summed E-state index contributed by atoms with van der Waals surface area (Å²) in [4.78, 5) is 19.7. The number of hydrogen-bond acceptors (Lipinski definition) is 4. The molecule has 1 amide bonds. The predicted molar refractivity (Wildman–Crippen MR) is 103 cm³/mol. The van der Waals surface area contributed by atoms with Crippen LogP contribution in [0.1, 0.15) is 45.0 Å². The van der Waals surface area contributed by atoms with Gasteiger partial charge in [0, 0.05) is 19.5 Å². The molecule has 6 nitrogen and oxygen atoms in total. The van der Waals surface area contributed by atoms with E-state index in [1.165, 1.54) is 0 Å². The van der Waals surface area contributed by atoms with E-state index in [1.54, 1.807) is 11.9 Å². The number of aromatic nitrogens is 2. The summed E-state index contributed by atoms with van der Waals surface area (Å²) in [5.74, 6) is 1.28. The van der Waals surface area contributed by atoms with Crippen LogP contribution in [0.25, 0.3) is 11.0 Å². The lowest BCUT2D eigenvalue weighted by Gasteiger charge is -2.34. The molecular weight excluding hydrogens is 350 g/mol. The SMILES string of the molecule is CCc1nc2ccccc2n1[C@H](CC)C(=O)N(C)C1CCS(=O)(=O)CC1. The van der Waals surface area contributed by atoms with Gasteiger partial charge in [-0.3, -0.25) is 4.79 Å². The number of carbonyl (C=O) groups is 1. The van der Waals surface area contributed by atoms with Crippen LogP contribution in [0.5, 0.6) is 0 Å². The number of rotatable bonds is 5. The van der Waals surface area contributed by atoms with Crippen molar-refractivity contribution in [3.05, 3.63) is 30.1 Å². The van der Waals surface area contributed by atoms with Gasteiger partial charge in [-0.05, 0) is 31.4 Å². The normalized spacial score (nSPS) is 18.7. The summed E-state index contributed by atoms with van der Waals surface area (Å²) in [7, 11) is -1.13. The molecule has 1 atom stereocenters. The average Bonchev–Trinajstić information content (AvgIpc) is 3.00. The second-order valence-electron chi connectivity index (χ2n) is 7.00. The monoisotopic (exact) mass is 377 g/mol. The minimum Gasteiger partial charge on any atom is -0.341 e. The topological polar surface area (TPSA) is 72.3 Å². The number of nitrogens with zero attached hydrogens (tertiary/aromatic N) is 3. The van der Waals surface area contributed by atoms with E-state index < -0.39 is 9.84 Å². The highest BCUT2D eigenvalue weighted by atomic mass is 32.2. The molecule has 0 aliphatic carbocycles. The first-order chi connectivity index (χ1) is 12.4. The van der Waals surface area contributed by atoms with Crippen LogP contribution in [0.2, 0.25) is 0 Å². The Bertz CT molecular complexity index is 890. The zero-order chi connectivity index (χ0) is 18.9. The van der Waals surface area contributed by atoms with Gasteiger partial charge in [0.2, 0.25) is 5.91 Å². The molecular formula is C19H27N3O3S. The van der Waals surface area contributed by atoms with Crippen molar-refractivity contribution in [1.82, 2.24) is 14.5 Å². The maximum absolute atomic E-state index is 13.3. The van der Waals surface area contributed by atoms with Crippen molar-refractivity contribution in [3.8, 4) is 0 Å². The molecule has 0 spiro atoms. The lowest BCUT2D eigenvalue weighted by Crippen LogP contribution is -2.45. The molecule has 1 aliphatic rings. The Morgan fingerprint density at radius 3 is 2.54 bits per heavy atom. The molecule has 26 heavy (non-hydrogen) atoms. The molecule has 0 radical (unpaired) electrons. The van der Waals surface area contributed by atoms with E-state index in [9.17, 15) is 13.2 Å². The Labute approximate surface area is 155 Å². The highest BCUT2D eigenvalue weighted by molar-refractivity contribution is 7.91. The van der Waals surface area contributed by atoms with Crippen LogP contribution < -0.4 is 0 Å². The third-order valence-corrected chi connectivity index (χ3v) is 7.10. The number of carbonyl (C=O) groups excluding carboxylic acids is 1. The van der Waals surface area contributed by atoms with Crippen LogP contribution >= 0.6 is 0 Å². The third kappa shape index (κ3) is 3.49. The summed E-state index contributed by atoms with van der Waals surface area (Å²) >= 11 is 0. The Kier molecular flexibility index (Phi) is 5.37. The van der Waals surface area contributed by atoms with Gasteiger partial charge >= 0.3 is 0 Å². The van der Waals surface area contributed by atoms with E-state index in [-0.39, 0.29) is 29.5 Å². The summed E-state index contributed by atoms with van der Waals surface area (Å²) in [6.07, 6.45) is 2.46. The number of benzene rings is 1. The lowest BCUT2D eigenvalue weighted by atomic mass is 10.1. The van der Waals surface area contributed by atoms with Crippen LogP contribution in [0.3, 0.4) is 0 Å². The van der Waals surface area contributed by atoms with Crippen LogP contribution in [0.15, 0.2) is 24.3 Å². The molecule has 2 aromatic rings. The molecule has 3 rings (SSSR count). The molecule has 142 valence electrons. The molecule has 1 saturated heterocycles. The van der Waals surface area contributed by atoms with Gasteiger partial charge in [0.05, 0.1) is 22.5 Å². The van der Waals surface area contributed by atoms with Crippen molar-refractivity contribution in [2.75, 3.05) is 18.6 Å². The van der Waals surface area contributed by atoms with E-state index in [1.807, 2.05) is 38.1 Å². The molecule has 2 heterocycles. The highest BCUT2D eigenvalue weighted by Gasteiger charge is 2.33. The molecule has 0 saturated carbocycles. The minimum absolute atomic E-state index is 0.0139. The first kappa shape index (κ1) is 18.9. The summed E-state index contributed by atoms with van der Waals surface area (Å²) in [5.41, 5.74) is 1.88. The van der Waals surface area contributed by atoms with Gasteiger partial charge in [-0.1, -0.05) is 26.0 Å². The average molecular weight is 378 g/mol. The number of sulfone groups is 1. The van der Waals surface area contributed by atoms with Gasteiger partial charge in [-0.2, -0.15) is 0 Å². The molecule has 1 aromatic carbocycles. The number of imidazole rings is 1. The van der Waals surface area contributed by atoms with Gasteiger partial charge < -0.3 is 9.47 Å². The van der Waals surface area contributed by atoms with Crippen LogP contribution in [-0.4, -0.2) is 53.4 Å². The zero-order valence-corrected chi connectivity index (χ0v) is 16.5. The van der Waals surface area contributed by atoms with E-state index in [0.717, 1.165) is 23.3 Å². The van der Waals surface area contributed by atoms with Crippen molar-refractivity contribution in [3.63, 3.8) is 0 Å². The fraction of sp³-hybridized carbons (Fsp3) is 0.579. The first-order valence-corrected chi connectivity index (χ1v) is 11.1. The van der Waals surface area contributed by atoms with Gasteiger partial charge in [-0.25, -0.2) is 13.4 Å². The number of amides is 1. The first-order valence-electron chi connectivity index (χ1n) is 9.30. The standard InChI is InChI=1S/C19H27N3O3S/c1-4-16(19(23)21(3)14-10-12-26(24,25)13-11-14)22-17-9-7-6-8-15(17)20-18(22)5-2/h6-9,14,16H,4-5,10-13H2,1-3H3/t16-/m1/s1. The Balaban J connectivity index is 1.90. The number of para-hydroxylation sites is 2. The lowest BCUT2D eigenvalue weighted by molar-refractivity contribution is -0.135. The van der Waals surface area contributed by atoms with Crippen LogP contribution in [-0.2, 0) is 21.1 Å². The molecule has 0 unspecified atom stereocenters. The smallest absolute Gasteiger partial charge is 0.245 e. The molecule has 1 aromatic heterocycles. The zero-order valence-electron chi connectivity index (χ0n) is 15.7. The predicted octanol–water partition coefficient (Wildman–Crippen LogP) is 2.59. The Morgan fingerprint density at radius 1 is 1.27 bits per heavy atom. The number of likely N-dealkylation sites (N-methyl/N-ethyl adjacent to an activating group) is 1. The van der Waals surface area contributed by atoms with Crippen LogP contribution in [0.4, 0.5) is 0 Å². The fourth-order valence-corrected chi connectivity index (χ4v) is 5.31. The van der Waals surface area contributed by atoms with Crippen molar-refractivity contribution in [2.24, 2.45) is 0 Å². The van der Waals surface area contributed by atoms with Gasteiger partial charge in [0.1, 0.15) is 21.7 Å². The summed E-state index contributed by atoms with van der Waals surface area (Å²) in [6, 6.07) is 7.56. The van der Waals surface area contributed by atoms with Gasteiger partial charge in [0.25, 0.3) is 0 Å². The Hall–Kier alpha value is -1.89. The van der Waals surface area contributed by atoms with Gasteiger partial charge in [0.15, 0.2) is 0 Å². The van der Waals surface area contributed by atoms with Crippen molar-refractivity contribution < 1.29 is 13.2 Å². The van der Waals surface area contributed by atoms with E-state index >= 15 is 0 Å². The quantitative estimate of drug-likeness (QED) is 0.803. The van der Waals surface area contributed by atoms with E-state index in [0.29, 0.717) is 19.3 Å². The third-order valence-electron chi connectivity index (χ3n) is 5.39. The maximum atomic E-state index is 13.3. The van der Waals surface area contributed by atoms with Gasteiger partial charge in [-0.15, -0.1) is 0 Å². The van der Waals surface area contributed by atoms with Crippen molar-refractivity contribution >= 4 is 26.8 Å². The molecule has 0 N–H and O–H groups in total. The minimum atomic E-state index is -2.94. The molecule has 1 aliphatic heterocycles. The molecule has 7 heteroatoms. The highest BCUT2D eigenvalue weighted by Crippen LogP contribution is 2.27. The molecule has 0 bridgehead atoms. The summed E-state index contributed by atoms with van der Waals surface area (Å²) in [5, 5.41) is 0. The second-order valence-corrected chi connectivity index (χ2v) is 9.30. The largest absolute Gasteiger partial charge is 0.341 e. The second kappa shape index (κ2) is 7.39. The maximum Gasteiger partial charge on any atom is 0.245 e. The van der Waals surface area contributed by atoms with E-state index in [2.05, 4.69) is 9.55 Å². The summed E-state index contributed by atoms with van der Waals surface area (Å²) in [6.45, 7) is 4.06.